The van der Waals surface area contributed by atoms with Crippen LogP contribution in [0.15, 0.2) is 54.1 Å². The predicted octanol–water partition coefficient (Wildman–Crippen LogP) is 11.0. The van der Waals surface area contributed by atoms with Gasteiger partial charge >= 0.3 is 0 Å². The summed E-state index contributed by atoms with van der Waals surface area (Å²) in [5.74, 6) is 1.21. The largest absolute Gasteiger partial charge is 0.384 e. The first-order valence-electron chi connectivity index (χ1n) is 16.8. The Balaban J connectivity index is 0.00000200. The van der Waals surface area contributed by atoms with Crippen molar-refractivity contribution in [3.8, 4) is 0 Å². The van der Waals surface area contributed by atoms with E-state index in [0.717, 1.165) is 54.8 Å². The van der Waals surface area contributed by atoms with Crippen molar-refractivity contribution in [2.45, 2.75) is 96.3 Å². The van der Waals surface area contributed by atoms with Crippen molar-refractivity contribution in [3.63, 3.8) is 0 Å². The minimum atomic E-state index is 0. The molecule has 2 atom stereocenters. The molecule has 240 valence electrons. The average molecular weight is 666 g/mol. The zero-order valence-electron chi connectivity index (χ0n) is 26.5. The van der Waals surface area contributed by atoms with Crippen molar-refractivity contribution in [2.24, 2.45) is 5.92 Å². The minimum absolute atomic E-state index is 0. The van der Waals surface area contributed by atoms with Gasteiger partial charge in [0.25, 0.3) is 0 Å². The number of pyridine rings is 2. The Morgan fingerprint density at radius 2 is 1.44 bits per heavy atom. The van der Waals surface area contributed by atoms with Gasteiger partial charge in [-0.2, -0.15) is 0 Å². The Labute approximate surface area is 286 Å². The molecule has 0 amide bonds. The quantitative estimate of drug-likeness (QED) is 0.124. The number of halogens is 3. The first-order valence-corrected chi connectivity index (χ1v) is 17.2. The first kappa shape index (κ1) is 33.8. The lowest BCUT2D eigenvalue weighted by Crippen LogP contribution is -2.24. The van der Waals surface area contributed by atoms with Crippen LogP contribution in [0, 0.1) is 5.92 Å². The number of unbranched alkanes of at least 4 members (excludes halogenated alkanes) is 5. The van der Waals surface area contributed by atoms with Gasteiger partial charge in [-0.05, 0) is 106 Å². The number of para-hydroxylation sites is 1. The summed E-state index contributed by atoms with van der Waals surface area (Å²) in [4.78, 5) is 10.1. The molecule has 2 aromatic carbocycles. The monoisotopic (exact) mass is 664 g/mol. The van der Waals surface area contributed by atoms with Crippen LogP contribution < -0.4 is 10.6 Å². The number of benzene rings is 2. The number of aryl methyl sites for hydroxylation is 1. The molecule has 2 unspecified atom stereocenters. The van der Waals surface area contributed by atoms with Crippen LogP contribution in [0.5, 0.6) is 0 Å². The zero-order valence-corrected chi connectivity index (χ0v) is 28.9. The smallest absolute Gasteiger partial charge is 0.0741 e. The van der Waals surface area contributed by atoms with Crippen molar-refractivity contribution < 1.29 is 0 Å². The van der Waals surface area contributed by atoms with Crippen LogP contribution in [-0.4, -0.2) is 23.1 Å². The maximum Gasteiger partial charge on any atom is 0.0741 e. The van der Waals surface area contributed by atoms with E-state index in [-0.39, 0.29) is 24.8 Å². The Morgan fingerprint density at radius 1 is 0.756 bits per heavy atom. The third-order valence-corrected chi connectivity index (χ3v) is 10.2. The highest BCUT2D eigenvalue weighted by Gasteiger charge is 2.33. The van der Waals surface area contributed by atoms with Gasteiger partial charge in [0.05, 0.1) is 11.0 Å². The fourth-order valence-corrected chi connectivity index (χ4v) is 8.20. The summed E-state index contributed by atoms with van der Waals surface area (Å²) in [6.45, 7) is 4.36. The van der Waals surface area contributed by atoms with Crippen LogP contribution in [0.25, 0.3) is 21.8 Å². The van der Waals surface area contributed by atoms with E-state index in [4.69, 9.17) is 21.6 Å². The summed E-state index contributed by atoms with van der Waals surface area (Å²) >= 11 is 6.38. The van der Waals surface area contributed by atoms with Gasteiger partial charge in [0.1, 0.15) is 0 Å². The molecule has 0 fully saturated rings. The molecule has 45 heavy (non-hydrogen) atoms. The summed E-state index contributed by atoms with van der Waals surface area (Å²) in [7, 11) is 0. The molecular weight excluding hydrogens is 619 g/mol. The molecule has 0 aliphatic heterocycles. The summed E-state index contributed by atoms with van der Waals surface area (Å²) in [5.41, 5.74) is 11.9. The fraction of sp³-hybridized carbons (Fsp3) is 0.474. The third kappa shape index (κ3) is 7.39. The molecule has 2 bridgehead atoms. The molecule has 4 aromatic rings. The minimum Gasteiger partial charge on any atom is -0.384 e. The van der Waals surface area contributed by atoms with E-state index in [1.807, 2.05) is 12.1 Å². The van der Waals surface area contributed by atoms with Gasteiger partial charge in [0.2, 0.25) is 0 Å². The van der Waals surface area contributed by atoms with E-state index >= 15 is 0 Å². The van der Waals surface area contributed by atoms with Crippen molar-refractivity contribution in [3.05, 3.63) is 81.7 Å². The fourth-order valence-electron chi connectivity index (χ4n) is 8.03. The molecule has 0 radical (unpaired) electrons. The highest BCUT2D eigenvalue weighted by atomic mass is 35.5. The van der Waals surface area contributed by atoms with Gasteiger partial charge < -0.3 is 10.6 Å². The molecule has 2 N–H and O–H groups in total. The van der Waals surface area contributed by atoms with Crippen LogP contribution in [0.4, 0.5) is 11.4 Å². The first-order chi connectivity index (χ1) is 21.1. The Hall–Kier alpha value is -2.53. The van der Waals surface area contributed by atoms with E-state index in [1.165, 1.54) is 108 Å². The molecule has 0 saturated heterocycles. The van der Waals surface area contributed by atoms with Gasteiger partial charge in [-0.3, -0.25) is 9.97 Å². The van der Waals surface area contributed by atoms with Gasteiger partial charge in [-0.15, -0.1) is 24.8 Å². The van der Waals surface area contributed by atoms with E-state index in [0.29, 0.717) is 11.8 Å². The number of nitrogens with one attached hydrogen (secondary N) is 2. The molecule has 7 heteroatoms. The summed E-state index contributed by atoms with van der Waals surface area (Å²) < 4.78 is 0. The predicted molar refractivity (Wildman–Crippen MR) is 197 cm³/mol. The second-order valence-corrected chi connectivity index (χ2v) is 13.7. The van der Waals surface area contributed by atoms with Crippen molar-refractivity contribution >= 4 is 69.6 Å². The van der Waals surface area contributed by atoms with Crippen LogP contribution in [0.1, 0.15) is 99.6 Å². The van der Waals surface area contributed by atoms with Crippen molar-refractivity contribution in [1.29, 1.82) is 0 Å². The SMILES string of the molecule is CC1=CC2Cc3nc4cc(Cl)ccc4c(NCCCCCCCCNc4c5c(nc6ccccc46)CCCC5)c3C(C1)C2.Cl.Cl. The number of aromatic nitrogens is 2. The van der Waals surface area contributed by atoms with Crippen molar-refractivity contribution in [1.82, 2.24) is 9.97 Å². The molecule has 7 rings (SSSR count). The van der Waals surface area contributed by atoms with Crippen LogP contribution in [0.2, 0.25) is 5.02 Å². The number of hydrogen-bond donors (Lipinski definition) is 2. The van der Waals surface area contributed by atoms with E-state index in [9.17, 15) is 0 Å². The summed E-state index contributed by atoms with van der Waals surface area (Å²) in [6.07, 6.45) is 18.4. The van der Waals surface area contributed by atoms with E-state index in [1.54, 1.807) is 0 Å². The normalized spacial score (nSPS) is 18.3. The number of anilines is 2. The summed E-state index contributed by atoms with van der Waals surface area (Å²) in [5, 5.41) is 11.0. The van der Waals surface area contributed by atoms with Crippen molar-refractivity contribution in [2.75, 3.05) is 23.7 Å². The van der Waals surface area contributed by atoms with Gasteiger partial charge in [-0.1, -0.05) is 67.1 Å². The van der Waals surface area contributed by atoms with Crippen LogP contribution in [-0.2, 0) is 19.3 Å². The van der Waals surface area contributed by atoms with E-state index in [2.05, 4.69) is 54.0 Å². The zero-order chi connectivity index (χ0) is 29.2. The van der Waals surface area contributed by atoms with Gasteiger partial charge in [-0.25, -0.2) is 0 Å². The van der Waals surface area contributed by atoms with Gasteiger partial charge in [0.15, 0.2) is 0 Å². The highest BCUT2D eigenvalue weighted by molar-refractivity contribution is 6.31. The molecule has 0 spiro atoms. The maximum absolute atomic E-state index is 6.38. The Bertz CT molecular complexity index is 1670. The molecule has 2 aromatic heterocycles. The second kappa shape index (κ2) is 15.4. The lowest BCUT2D eigenvalue weighted by Gasteiger charge is -2.36. The number of hydrogen-bond acceptors (Lipinski definition) is 4. The number of allylic oxidation sites excluding steroid dienone is 2. The number of rotatable bonds is 11. The number of nitrogens with zero attached hydrogens (tertiary/aromatic N) is 2. The molecule has 2 heterocycles. The number of fused-ring (bicyclic) bond motifs is 7. The van der Waals surface area contributed by atoms with Crippen LogP contribution >= 0.6 is 36.4 Å². The molecule has 3 aliphatic carbocycles. The molecule has 4 nitrogen and oxygen atoms in total. The standard InChI is InChI=1S/C38H45ClN4.2ClH/c1-25-20-26-22-27(21-25)36-35(23-26)43-34-24-28(39)16-17-31(34)38(36)41-19-11-5-3-2-4-10-18-40-37-29-12-6-8-14-32(29)42-33-15-9-7-13-30(33)37;;/h6,8,12,14,16-17,20,24,26-27H,2-5,7,9-11,13,15,18-19,21-23H2,1H3,(H,40,42)(H,41,43);2*1H. The third-order valence-electron chi connectivity index (χ3n) is 9.98. The van der Waals surface area contributed by atoms with E-state index < -0.39 is 0 Å². The lowest BCUT2D eigenvalue weighted by atomic mass is 9.71. The topological polar surface area (TPSA) is 49.8 Å². The summed E-state index contributed by atoms with van der Waals surface area (Å²) in [6, 6.07) is 14.9. The lowest BCUT2D eigenvalue weighted by molar-refractivity contribution is 0.433. The van der Waals surface area contributed by atoms with Gasteiger partial charge in [0, 0.05) is 57.2 Å². The molecule has 3 aliphatic rings. The molecule has 0 saturated carbocycles. The Morgan fingerprint density at radius 3 is 2.27 bits per heavy atom. The molecular formula is C38H47Cl3N4. The average Bonchev–Trinajstić information content (AvgIpc) is 3.00. The highest BCUT2D eigenvalue weighted by Crippen LogP contribution is 2.47. The second-order valence-electron chi connectivity index (χ2n) is 13.2. The maximum atomic E-state index is 6.38. The van der Waals surface area contributed by atoms with Crippen LogP contribution in [0.3, 0.4) is 0 Å². The Kier molecular flexibility index (Phi) is 11.6.